The molecule has 1 fully saturated rings. The van der Waals surface area contributed by atoms with Crippen LogP contribution in [0.4, 0.5) is 0 Å². The first-order valence-corrected chi connectivity index (χ1v) is 6.54. The molecule has 1 heterocycles. The molecule has 1 aromatic carbocycles. The Balaban J connectivity index is 1.96. The van der Waals surface area contributed by atoms with Gasteiger partial charge in [0.15, 0.2) is 0 Å². The predicted octanol–water partition coefficient (Wildman–Crippen LogP) is 3.30. The Bertz CT molecular complexity index is 347. The number of hydrogen-bond acceptors (Lipinski definition) is 2. The Labute approximate surface area is 104 Å². The fraction of sp³-hybridized carbons (Fsp3) is 0.600. The maximum Gasteiger partial charge on any atom is 0.0796 e. The quantitative estimate of drug-likeness (QED) is 0.866. The molecule has 1 aromatic rings. The molecule has 0 spiro atoms. The standard InChI is InChI=1S/C15H22O2/c1-11-5-3-6-12(2)15(11)14(16)9-8-13-7-4-10-17-13/h3,5-6,13-14,16H,4,7-10H2,1-2H3. The molecule has 2 atom stereocenters. The molecule has 2 nitrogen and oxygen atoms in total. The lowest BCUT2D eigenvalue weighted by atomic mass is 9.94. The van der Waals surface area contributed by atoms with Crippen LogP contribution in [-0.4, -0.2) is 17.8 Å². The van der Waals surface area contributed by atoms with Crippen LogP contribution in [0.5, 0.6) is 0 Å². The molecule has 0 saturated carbocycles. The highest BCUT2D eigenvalue weighted by atomic mass is 16.5. The van der Waals surface area contributed by atoms with Crippen molar-refractivity contribution in [2.24, 2.45) is 0 Å². The van der Waals surface area contributed by atoms with Crippen molar-refractivity contribution < 1.29 is 9.84 Å². The summed E-state index contributed by atoms with van der Waals surface area (Å²) in [6.07, 6.45) is 4.11. The zero-order valence-electron chi connectivity index (χ0n) is 10.8. The first kappa shape index (κ1) is 12.6. The number of aliphatic hydroxyl groups excluding tert-OH is 1. The lowest BCUT2D eigenvalue weighted by molar-refractivity contribution is 0.0809. The van der Waals surface area contributed by atoms with Gasteiger partial charge < -0.3 is 9.84 Å². The van der Waals surface area contributed by atoms with E-state index in [0.717, 1.165) is 31.4 Å². The normalized spacial score (nSPS) is 21.7. The first-order valence-electron chi connectivity index (χ1n) is 6.54. The molecule has 1 aliphatic heterocycles. The summed E-state index contributed by atoms with van der Waals surface area (Å²) in [6.45, 7) is 5.03. The van der Waals surface area contributed by atoms with Gasteiger partial charge in [0.25, 0.3) is 0 Å². The summed E-state index contributed by atoms with van der Waals surface area (Å²) in [7, 11) is 0. The molecule has 0 aliphatic carbocycles. The second-order valence-electron chi connectivity index (χ2n) is 5.03. The SMILES string of the molecule is Cc1cccc(C)c1C(O)CCC1CCCO1. The van der Waals surface area contributed by atoms with Gasteiger partial charge in [-0.15, -0.1) is 0 Å². The summed E-state index contributed by atoms with van der Waals surface area (Å²) in [5.74, 6) is 0. The van der Waals surface area contributed by atoms with E-state index in [1.54, 1.807) is 0 Å². The van der Waals surface area contributed by atoms with E-state index in [9.17, 15) is 5.11 Å². The largest absolute Gasteiger partial charge is 0.388 e. The summed E-state index contributed by atoms with van der Waals surface area (Å²) in [5.41, 5.74) is 3.47. The number of aliphatic hydroxyl groups is 1. The fourth-order valence-electron chi connectivity index (χ4n) is 2.71. The van der Waals surface area contributed by atoms with E-state index in [1.807, 2.05) is 6.07 Å². The number of benzene rings is 1. The van der Waals surface area contributed by atoms with Crippen molar-refractivity contribution in [1.29, 1.82) is 0 Å². The predicted molar refractivity (Wildman–Crippen MR) is 69.1 cm³/mol. The molecule has 0 aromatic heterocycles. The van der Waals surface area contributed by atoms with E-state index in [2.05, 4.69) is 26.0 Å². The Morgan fingerprint density at radius 2 is 2.06 bits per heavy atom. The van der Waals surface area contributed by atoms with E-state index in [-0.39, 0.29) is 6.10 Å². The third-order valence-electron chi connectivity index (χ3n) is 3.66. The van der Waals surface area contributed by atoms with Crippen LogP contribution in [0, 0.1) is 13.8 Å². The van der Waals surface area contributed by atoms with Gasteiger partial charge in [-0.2, -0.15) is 0 Å². The Morgan fingerprint density at radius 3 is 2.65 bits per heavy atom. The molecular formula is C15H22O2. The van der Waals surface area contributed by atoms with Crippen LogP contribution in [0.1, 0.15) is 48.5 Å². The molecular weight excluding hydrogens is 212 g/mol. The maximum absolute atomic E-state index is 10.3. The number of aryl methyl sites for hydroxylation is 2. The maximum atomic E-state index is 10.3. The van der Waals surface area contributed by atoms with E-state index >= 15 is 0 Å². The third-order valence-corrected chi connectivity index (χ3v) is 3.66. The lowest BCUT2D eigenvalue weighted by Crippen LogP contribution is -2.09. The topological polar surface area (TPSA) is 29.5 Å². The number of hydrogen-bond donors (Lipinski definition) is 1. The van der Waals surface area contributed by atoms with E-state index in [4.69, 9.17) is 4.74 Å². The molecule has 0 radical (unpaired) electrons. The van der Waals surface area contributed by atoms with Gasteiger partial charge in [0.1, 0.15) is 0 Å². The number of ether oxygens (including phenoxy) is 1. The molecule has 0 bridgehead atoms. The smallest absolute Gasteiger partial charge is 0.0796 e. The number of rotatable bonds is 4. The van der Waals surface area contributed by atoms with Gasteiger partial charge in [0.2, 0.25) is 0 Å². The van der Waals surface area contributed by atoms with Crippen molar-refractivity contribution in [3.05, 3.63) is 34.9 Å². The van der Waals surface area contributed by atoms with Gasteiger partial charge in [0, 0.05) is 6.61 Å². The van der Waals surface area contributed by atoms with Crippen molar-refractivity contribution in [2.75, 3.05) is 6.61 Å². The minimum atomic E-state index is -0.347. The Kier molecular flexibility index (Phi) is 4.19. The van der Waals surface area contributed by atoms with E-state index in [1.165, 1.54) is 17.5 Å². The minimum absolute atomic E-state index is 0.347. The van der Waals surface area contributed by atoms with E-state index < -0.39 is 0 Å². The average Bonchev–Trinajstić information content (AvgIpc) is 2.79. The average molecular weight is 234 g/mol. The van der Waals surface area contributed by atoms with Crippen LogP contribution in [0.25, 0.3) is 0 Å². The van der Waals surface area contributed by atoms with Crippen molar-refractivity contribution in [3.63, 3.8) is 0 Å². The van der Waals surface area contributed by atoms with Gasteiger partial charge >= 0.3 is 0 Å². The van der Waals surface area contributed by atoms with Crippen molar-refractivity contribution in [1.82, 2.24) is 0 Å². The van der Waals surface area contributed by atoms with Gasteiger partial charge in [-0.1, -0.05) is 18.2 Å². The summed E-state index contributed by atoms with van der Waals surface area (Å²) in [4.78, 5) is 0. The molecule has 2 heteroatoms. The molecule has 94 valence electrons. The highest BCUT2D eigenvalue weighted by molar-refractivity contribution is 5.35. The van der Waals surface area contributed by atoms with Crippen LogP contribution in [0.15, 0.2) is 18.2 Å². The van der Waals surface area contributed by atoms with Gasteiger partial charge in [0.05, 0.1) is 12.2 Å². The van der Waals surface area contributed by atoms with Gasteiger partial charge in [-0.3, -0.25) is 0 Å². The van der Waals surface area contributed by atoms with Crippen LogP contribution in [-0.2, 0) is 4.74 Å². The summed E-state index contributed by atoms with van der Waals surface area (Å²) in [5, 5.41) is 10.3. The first-order chi connectivity index (χ1) is 8.18. The van der Waals surface area contributed by atoms with Crippen LogP contribution in [0.3, 0.4) is 0 Å². The summed E-state index contributed by atoms with van der Waals surface area (Å²) >= 11 is 0. The fourth-order valence-corrected chi connectivity index (χ4v) is 2.71. The molecule has 2 unspecified atom stereocenters. The Hall–Kier alpha value is -0.860. The zero-order valence-corrected chi connectivity index (χ0v) is 10.8. The molecule has 0 amide bonds. The monoisotopic (exact) mass is 234 g/mol. The molecule has 1 aliphatic rings. The van der Waals surface area contributed by atoms with Gasteiger partial charge in [-0.05, 0) is 56.2 Å². The highest BCUT2D eigenvalue weighted by Crippen LogP contribution is 2.27. The third kappa shape index (κ3) is 3.08. The summed E-state index contributed by atoms with van der Waals surface area (Å²) in [6, 6.07) is 6.18. The molecule has 17 heavy (non-hydrogen) atoms. The van der Waals surface area contributed by atoms with Crippen molar-refractivity contribution >= 4 is 0 Å². The molecule has 1 saturated heterocycles. The Morgan fingerprint density at radius 1 is 1.35 bits per heavy atom. The summed E-state index contributed by atoms with van der Waals surface area (Å²) < 4.78 is 5.59. The van der Waals surface area contributed by atoms with Crippen molar-refractivity contribution in [2.45, 2.75) is 51.7 Å². The second kappa shape index (κ2) is 5.65. The van der Waals surface area contributed by atoms with Crippen LogP contribution < -0.4 is 0 Å². The molecule has 1 N–H and O–H groups in total. The molecule has 2 rings (SSSR count). The van der Waals surface area contributed by atoms with Crippen molar-refractivity contribution in [3.8, 4) is 0 Å². The van der Waals surface area contributed by atoms with Crippen LogP contribution >= 0.6 is 0 Å². The minimum Gasteiger partial charge on any atom is -0.388 e. The van der Waals surface area contributed by atoms with Crippen LogP contribution in [0.2, 0.25) is 0 Å². The van der Waals surface area contributed by atoms with E-state index in [0.29, 0.717) is 6.10 Å². The second-order valence-corrected chi connectivity index (χ2v) is 5.03. The lowest BCUT2D eigenvalue weighted by Gasteiger charge is -2.18. The van der Waals surface area contributed by atoms with Gasteiger partial charge in [-0.25, -0.2) is 0 Å². The highest BCUT2D eigenvalue weighted by Gasteiger charge is 2.19. The zero-order chi connectivity index (χ0) is 12.3.